The summed E-state index contributed by atoms with van der Waals surface area (Å²) in [5, 5.41) is 8.45. The molecule has 0 saturated carbocycles. The van der Waals surface area contributed by atoms with Crippen LogP contribution in [0.15, 0.2) is 18.2 Å². The summed E-state index contributed by atoms with van der Waals surface area (Å²) < 4.78 is 15.7. The molecule has 0 fully saturated rings. The van der Waals surface area contributed by atoms with Gasteiger partial charge >= 0.3 is 0 Å². The van der Waals surface area contributed by atoms with E-state index >= 15 is 0 Å². The van der Waals surface area contributed by atoms with Crippen molar-refractivity contribution in [2.24, 2.45) is 5.73 Å². The Morgan fingerprint density at radius 1 is 1.39 bits per heavy atom. The van der Waals surface area contributed by atoms with Crippen LogP contribution in [0.2, 0.25) is 5.02 Å². The van der Waals surface area contributed by atoms with Crippen molar-refractivity contribution in [1.82, 2.24) is 14.8 Å². The summed E-state index contributed by atoms with van der Waals surface area (Å²) >= 11 is 5.89. The van der Waals surface area contributed by atoms with Gasteiger partial charge in [0.25, 0.3) is 0 Å². The second kappa shape index (κ2) is 5.04. The highest BCUT2D eigenvalue weighted by atomic mass is 35.5. The third kappa shape index (κ3) is 2.23. The summed E-state index contributed by atoms with van der Waals surface area (Å²) in [6, 6.07) is 4.45. The summed E-state index contributed by atoms with van der Waals surface area (Å²) in [5.74, 6) is 0.696. The van der Waals surface area contributed by atoms with Crippen molar-refractivity contribution in [1.29, 1.82) is 0 Å². The molecule has 6 heteroatoms. The Morgan fingerprint density at radius 3 is 2.72 bits per heavy atom. The Balaban J connectivity index is 2.63. The molecule has 0 atom stereocenters. The first-order chi connectivity index (χ1) is 8.54. The van der Waals surface area contributed by atoms with Crippen LogP contribution in [-0.2, 0) is 6.54 Å². The van der Waals surface area contributed by atoms with Crippen molar-refractivity contribution in [3.8, 4) is 11.4 Å². The lowest BCUT2D eigenvalue weighted by Crippen LogP contribution is -2.12. The molecular formula is C12H14ClFN4. The van der Waals surface area contributed by atoms with E-state index < -0.39 is 0 Å². The number of hydrogen-bond acceptors (Lipinski definition) is 3. The lowest BCUT2D eigenvalue weighted by atomic mass is 10.2. The van der Waals surface area contributed by atoms with E-state index in [2.05, 4.69) is 10.2 Å². The number of halogens is 2. The van der Waals surface area contributed by atoms with Crippen LogP contribution in [-0.4, -0.2) is 14.8 Å². The van der Waals surface area contributed by atoms with E-state index in [9.17, 15) is 4.39 Å². The third-order valence-electron chi connectivity index (χ3n) is 2.63. The second-order valence-electron chi connectivity index (χ2n) is 4.23. The fraction of sp³-hybridized carbons (Fsp3) is 0.333. The maximum Gasteiger partial charge on any atom is 0.167 e. The maximum atomic E-state index is 13.8. The average molecular weight is 269 g/mol. The first-order valence-corrected chi connectivity index (χ1v) is 6.01. The summed E-state index contributed by atoms with van der Waals surface area (Å²) in [4.78, 5) is 0. The zero-order valence-corrected chi connectivity index (χ0v) is 10.9. The predicted octanol–water partition coefficient (Wildman–Crippen LogP) is 2.78. The molecule has 1 aromatic heterocycles. The number of aromatic nitrogens is 3. The zero-order chi connectivity index (χ0) is 13.3. The monoisotopic (exact) mass is 268 g/mol. The van der Waals surface area contributed by atoms with Gasteiger partial charge in [0.05, 0.1) is 12.1 Å². The minimum Gasteiger partial charge on any atom is -0.324 e. The van der Waals surface area contributed by atoms with Crippen molar-refractivity contribution < 1.29 is 4.39 Å². The first-order valence-electron chi connectivity index (χ1n) is 5.64. The average Bonchev–Trinajstić information content (AvgIpc) is 2.75. The number of rotatable bonds is 3. The van der Waals surface area contributed by atoms with Crippen molar-refractivity contribution in [3.05, 3.63) is 34.9 Å². The molecule has 0 aliphatic rings. The van der Waals surface area contributed by atoms with E-state index in [0.717, 1.165) is 0 Å². The summed E-state index contributed by atoms with van der Waals surface area (Å²) in [7, 11) is 0. The normalized spacial score (nSPS) is 11.2. The molecule has 18 heavy (non-hydrogen) atoms. The summed E-state index contributed by atoms with van der Waals surface area (Å²) in [6.07, 6.45) is 0. The largest absolute Gasteiger partial charge is 0.324 e. The van der Waals surface area contributed by atoms with E-state index in [4.69, 9.17) is 17.3 Å². The van der Waals surface area contributed by atoms with Gasteiger partial charge in [0.15, 0.2) is 5.82 Å². The minimum atomic E-state index is -0.378. The second-order valence-corrected chi connectivity index (χ2v) is 4.67. The molecule has 0 saturated heterocycles. The van der Waals surface area contributed by atoms with Crippen LogP contribution >= 0.6 is 11.6 Å². The van der Waals surface area contributed by atoms with Crippen LogP contribution in [0.4, 0.5) is 4.39 Å². The minimum absolute atomic E-state index is 0.0898. The quantitative estimate of drug-likeness (QED) is 0.931. The summed E-state index contributed by atoms with van der Waals surface area (Å²) in [6.45, 7) is 4.19. The molecule has 0 spiro atoms. The van der Waals surface area contributed by atoms with Crippen LogP contribution in [0.3, 0.4) is 0 Å². The SMILES string of the molecule is CC(C)n1c(CN)nnc1-c1cc(Cl)ccc1F. The molecule has 1 heterocycles. The molecule has 4 nitrogen and oxygen atoms in total. The lowest BCUT2D eigenvalue weighted by Gasteiger charge is -2.13. The van der Waals surface area contributed by atoms with E-state index in [1.807, 2.05) is 18.4 Å². The van der Waals surface area contributed by atoms with Gasteiger partial charge in [-0.05, 0) is 32.0 Å². The number of hydrogen-bond donors (Lipinski definition) is 1. The topological polar surface area (TPSA) is 56.7 Å². The number of nitrogens with zero attached hydrogens (tertiary/aromatic N) is 3. The molecule has 0 radical (unpaired) electrons. The Morgan fingerprint density at radius 2 is 2.11 bits per heavy atom. The van der Waals surface area contributed by atoms with Gasteiger partial charge in [-0.2, -0.15) is 0 Å². The highest BCUT2D eigenvalue weighted by Crippen LogP contribution is 2.27. The Labute approximate surface area is 110 Å². The van der Waals surface area contributed by atoms with Crippen LogP contribution in [0, 0.1) is 5.82 Å². The highest BCUT2D eigenvalue weighted by Gasteiger charge is 2.18. The van der Waals surface area contributed by atoms with Gasteiger partial charge < -0.3 is 10.3 Å². The van der Waals surface area contributed by atoms with Crippen LogP contribution < -0.4 is 5.73 Å². The Kier molecular flexibility index (Phi) is 3.63. The van der Waals surface area contributed by atoms with Gasteiger partial charge in [-0.1, -0.05) is 11.6 Å². The molecule has 1 aromatic carbocycles. The molecule has 96 valence electrons. The number of nitrogens with two attached hydrogens (primary N) is 1. The smallest absolute Gasteiger partial charge is 0.167 e. The molecule has 2 rings (SSSR count). The predicted molar refractivity (Wildman–Crippen MR) is 68.7 cm³/mol. The Bertz CT molecular complexity index is 565. The molecular weight excluding hydrogens is 255 g/mol. The van der Waals surface area contributed by atoms with E-state index in [1.54, 1.807) is 6.07 Å². The van der Waals surface area contributed by atoms with Gasteiger partial charge in [0.1, 0.15) is 11.6 Å². The fourth-order valence-electron chi connectivity index (χ4n) is 1.86. The molecule has 0 amide bonds. The molecule has 2 N–H and O–H groups in total. The maximum absolute atomic E-state index is 13.8. The van der Waals surface area contributed by atoms with E-state index in [1.165, 1.54) is 12.1 Å². The van der Waals surface area contributed by atoms with Crippen molar-refractivity contribution >= 4 is 11.6 Å². The van der Waals surface area contributed by atoms with E-state index in [-0.39, 0.29) is 18.4 Å². The van der Waals surface area contributed by atoms with Gasteiger partial charge in [-0.25, -0.2) is 4.39 Å². The molecule has 2 aromatic rings. The first kappa shape index (κ1) is 13.0. The summed E-state index contributed by atoms with van der Waals surface area (Å²) in [5.41, 5.74) is 5.94. The third-order valence-corrected chi connectivity index (χ3v) is 2.87. The van der Waals surface area contributed by atoms with Crippen molar-refractivity contribution in [3.63, 3.8) is 0 Å². The lowest BCUT2D eigenvalue weighted by molar-refractivity contribution is 0.569. The van der Waals surface area contributed by atoms with Crippen molar-refractivity contribution in [2.45, 2.75) is 26.4 Å². The van der Waals surface area contributed by atoms with Gasteiger partial charge in [-0.3, -0.25) is 0 Å². The highest BCUT2D eigenvalue weighted by molar-refractivity contribution is 6.30. The van der Waals surface area contributed by atoms with Gasteiger partial charge in [-0.15, -0.1) is 10.2 Å². The number of benzene rings is 1. The van der Waals surface area contributed by atoms with E-state index in [0.29, 0.717) is 22.2 Å². The van der Waals surface area contributed by atoms with Crippen LogP contribution in [0.1, 0.15) is 25.7 Å². The van der Waals surface area contributed by atoms with Crippen LogP contribution in [0.25, 0.3) is 11.4 Å². The zero-order valence-electron chi connectivity index (χ0n) is 10.2. The Hall–Kier alpha value is -1.46. The molecule has 0 aliphatic heterocycles. The molecule has 0 unspecified atom stereocenters. The molecule has 0 bridgehead atoms. The standard InChI is InChI=1S/C12H14ClFN4/c1-7(2)18-11(6-15)16-17-12(18)9-5-8(13)3-4-10(9)14/h3-5,7H,6,15H2,1-2H3. The molecule has 0 aliphatic carbocycles. The van der Waals surface area contributed by atoms with Crippen molar-refractivity contribution in [2.75, 3.05) is 0 Å². The van der Waals surface area contributed by atoms with Gasteiger partial charge in [0, 0.05) is 11.1 Å². The van der Waals surface area contributed by atoms with Crippen LogP contribution in [0.5, 0.6) is 0 Å². The van der Waals surface area contributed by atoms with Gasteiger partial charge in [0.2, 0.25) is 0 Å². The fourth-order valence-corrected chi connectivity index (χ4v) is 2.03.